The number of hydrogen-bond acceptors (Lipinski definition) is 2. The molecule has 4 heteroatoms. The van der Waals surface area contributed by atoms with E-state index in [-0.39, 0.29) is 0 Å². The summed E-state index contributed by atoms with van der Waals surface area (Å²) in [6.45, 7) is 9.32. The summed E-state index contributed by atoms with van der Waals surface area (Å²) >= 11 is 0. The summed E-state index contributed by atoms with van der Waals surface area (Å²) in [5.41, 5.74) is 1.35. The molecule has 18 heavy (non-hydrogen) atoms. The highest BCUT2D eigenvalue weighted by molar-refractivity contribution is 5.14. The summed E-state index contributed by atoms with van der Waals surface area (Å²) < 4.78 is 4.41. The average molecular weight is 246 g/mol. The second kappa shape index (κ2) is 5.87. The van der Waals surface area contributed by atoms with E-state index in [2.05, 4.69) is 51.7 Å². The zero-order valence-corrected chi connectivity index (χ0v) is 11.4. The smallest absolute Gasteiger partial charge is 0.105 e. The van der Waals surface area contributed by atoms with Gasteiger partial charge in [-0.3, -0.25) is 0 Å². The standard InChI is InChI=1S/C14H22N4/c1-4-15-12(2)14-5-7-17(11-14)9-10-18-8-6-16-13(18)3/h5-8,11-12,15H,4,9-10H2,1-3H3. The summed E-state index contributed by atoms with van der Waals surface area (Å²) in [5.74, 6) is 1.07. The number of hydrogen-bond donors (Lipinski definition) is 1. The Morgan fingerprint density at radius 3 is 2.83 bits per heavy atom. The second-order valence-electron chi connectivity index (χ2n) is 4.63. The van der Waals surface area contributed by atoms with Crippen LogP contribution in [0.3, 0.4) is 0 Å². The first-order valence-electron chi connectivity index (χ1n) is 6.57. The SMILES string of the molecule is CCNC(C)c1ccn(CCn2ccnc2C)c1. The molecule has 4 nitrogen and oxygen atoms in total. The Labute approximate surface area is 109 Å². The molecule has 0 bridgehead atoms. The Kier molecular flexibility index (Phi) is 4.20. The van der Waals surface area contributed by atoms with Crippen LogP contribution in [0.5, 0.6) is 0 Å². The fourth-order valence-electron chi connectivity index (χ4n) is 2.14. The average Bonchev–Trinajstić information content (AvgIpc) is 2.96. The number of aromatic nitrogens is 3. The highest BCUT2D eigenvalue weighted by atomic mass is 15.1. The molecule has 0 aliphatic carbocycles. The molecular formula is C14H22N4. The highest BCUT2D eigenvalue weighted by Crippen LogP contribution is 2.12. The van der Waals surface area contributed by atoms with Crippen LogP contribution in [0, 0.1) is 6.92 Å². The van der Waals surface area contributed by atoms with Crippen LogP contribution in [0.4, 0.5) is 0 Å². The van der Waals surface area contributed by atoms with Gasteiger partial charge in [0.2, 0.25) is 0 Å². The van der Waals surface area contributed by atoms with Crippen molar-refractivity contribution in [1.29, 1.82) is 0 Å². The minimum atomic E-state index is 0.422. The molecule has 0 spiro atoms. The van der Waals surface area contributed by atoms with Gasteiger partial charge in [-0.1, -0.05) is 6.92 Å². The molecule has 2 aromatic rings. The minimum Gasteiger partial charge on any atom is -0.352 e. The molecule has 2 rings (SSSR count). The molecule has 2 heterocycles. The molecule has 0 fully saturated rings. The molecule has 0 aliphatic heterocycles. The van der Waals surface area contributed by atoms with Crippen molar-refractivity contribution in [2.24, 2.45) is 0 Å². The van der Waals surface area contributed by atoms with E-state index in [0.717, 1.165) is 25.5 Å². The number of imidazole rings is 1. The second-order valence-corrected chi connectivity index (χ2v) is 4.63. The van der Waals surface area contributed by atoms with E-state index in [1.165, 1.54) is 5.56 Å². The topological polar surface area (TPSA) is 34.8 Å². The molecular weight excluding hydrogens is 224 g/mol. The van der Waals surface area contributed by atoms with Crippen LogP contribution in [-0.2, 0) is 13.1 Å². The van der Waals surface area contributed by atoms with E-state index in [0.29, 0.717) is 6.04 Å². The Morgan fingerprint density at radius 2 is 2.17 bits per heavy atom. The summed E-state index contributed by atoms with van der Waals surface area (Å²) in [6, 6.07) is 2.61. The third kappa shape index (κ3) is 3.01. The fraction of sp³-hybridized carbons (Fsp3) is 0.500. The summed E-state index contributed by atoms with van der Waals surface area (Å²) in [7, 11) is 0. The molecule has 2 aromatic heterocycles. The van der Waals surface area contributed by atoms with Gasteiger partial charge in [0.05, 0.1) is 0 Å². The van der Waals surface area contributed by atoms with Crippen LogP contribution in [0.25, 0.3) is 0 Å². The monoisotopic (exact) mass is 246 g/mol. The zero-order valence-electron chi connectivity index (χ0n) is 11.4. The minimum absolute atomic E-state index is 0.422. The van der Waals surface area contributed by atoms with Gasteiger partial charge in [-0.05, 0) is 32.0 Å². The lowest BCUT2D eigenvalue weighted by Crippen LogP contribution is -2.17. The molecule has 0 aliphatic rings. The van der Waals surface area contributed by atoms with Crippen molar-refractivity contribution in [2.45, 2.75) is 39.9 Å². The van der Waals surface area contributed by atoms with Crippen molar-refractivity contribution in [3.63, 3.8) is 0 Å². The number of nitrogens with one attached hydrogen (secondary N) is 1. The number of rotatable bonds is 6. The molecule has 0 saturated heterocycles. The van der Waals surface area contributed by atoms with Crippen LogP contribution in [-0.4, -0.2) is 20.7 Å². The first-order valence-corrected chi connectivity index (χ1v) is 6.57. The van der Waals surface area contributed by atoms with Crippen molar-refractivity contribution < 1.29 is 0 Å². The lowest BCUT2D eigenvalue weighted by atomic mass is 10.2. The lowest BCUT2D eigenvalue weighted by Gasteiger charge is -2.10. The maximum absolute atomic E-state index is 4.23. The van der Waals surface area contributed by atoms with Gasteiger partial charge in [0.15, 0.2) is 0 Å². The molecule has 1 N–H and O–H groups in total. The maximum atomic E-state index is 4.23. The third-order valence-electron chi connectivity index (χ3n) is 3.31. The van der Waals surface area contributed by atoms with Crippen LogP contribution in [0.2, 0.25) is 0 Å². The predicted molar refractivity (Wildman–Crippen MR) is 73.5 cm³/mol. The fourth-order valence-corrected chi connectivity index (χ4v) is 2.14. The van der Waals surface area contributed by atoms with E-state index >= 15 is 0 Å². The quantitative estimate of drug-likeness (QED) is 0.849. The first-order chi connectivity index (χ1) is 8.70. The van der Waals surface area contributed by atoms with Gasteiger partial charge in [-0.2, -0.15) is 0 Å². The first kappa shape index (κ1) is 12.9. The maximum Gasteiger partial charge on any atom is 0.105 e. The predicted octanol–water partition coefficient (Wildman–Crippen LogP) is 2.36. The van der Waals surface area contributed by atoms with Crippen molar-refractivity contribution in [2.75, 3.05) is 6.54 Å². The van der Waals surface area contributed by atoms with Crippen LogP contribution in [0.15, 0.2) is 30.9 Å². The van der Waals surface area contributed by atoms with Gasteiger partial charge in [-0.25, -0.2) is 4.98 Å². The Morgan fingerprint density at radius 1 is 1.33 bits per heavy atom. The Bertz CT molecular complexity index is 483. The number of nitrogens with zero attached hydrogens (tertiary/aromatic N) is 3. The van der Waals surface area contributed by atoms with Gasteiger partial charge in [0.25, 0.3) is 0 Å². The Hall–Kier alpha value is -1.55. The van der Waals surface area contributed by atoms with E-state index < -0.39 is 0 Å². The van der Waals surface area contributed by atoms with Gasteiger partial charge < -0.3 is 14.5 Å². The van der Waals surface area contributed by atoms with Crippen molar-refractivity contribution >= 4 is 0 Å². The van der Waals surface area contributed by atoms with Gasteiger partial charge >= 0.3 is 0 Å². The largest absolute Gasteiger partial charge is 0.352 e. The van der Waals surface area contributed by atoms with Crippen molar-refractivity contribution in [3.8, 4) is 0 Å². The highest BCUT2D eigenvalue weighted by Gasteiger charge is 2.05. The number of aryl methyl sites for hydroxylation is 3. The van der Waals surface area contributed by atoms with E-state index in [4.69, 9.17) is 0 Å². The molecule has 0 aromatic carbocycles. The van der Waals surface area contributed by atoms with Crippen LogP contribution in [0.1, 0.15) is 31.3 Å². The van der Waals surface area contributed by atoms with Crippen LogP contribution >= 0.6 is 0 Å². The molecule has 0 radical (unpaired) electrons. The van der Waals surface area contributed by atoms with Crippen molar-refractivity contribution in [1.82, 2.24) is 19.4 Å². The molecule has 1 unspecified atom stereocenters. The molecule has 1 atom stereocenters. The third-order valence-corrected chi connectivity index (χ3v) is 3.31. The van der Waals surface area contributed by atoms with Gasteiger partial charge in [0.1, 0.15) is 5.82 Å². The van der Waals surface area contributed by atoms with E-state index in [1.807, 2.05) is 19.3 Å². The van der Waals surface area contributed by atoms with Crippen LogP contribution < -0.4 is 5.32 Å². The summed E-state index contributed by atoms with van der Waals surface area (Å²) in [6.07, 6.45) is 8.25. The lowest BCUT2D eigenvalue weighted by molar-refractivity contribution is 0.562. The summed E-state index contributed by atoms with van der Waals surface area (Å²) in [5, 5.41) is 3.43. The van der Waals surface area contributed by atoms with Gasteiger partial charge in [-0.15, -0.1) is 0 Å². The van der Waals surface area contributed by atoms with E-state index in [9.17, 15) is 0 Å². The van der Waals surface area contributed by atoms with Gasteiger partial charge in [0, 0.05) is 43.9 Å². The normalized spacial score (nSPS) is 12.8. The van der Waals surface area contributed by atoms with E-state index in [1.54, 1.807) is 0 Å². The zero-order chi connectivity index (χ0) is 13.0. The van der Waals surface area contributed by atoms with Crippen molar-refractivity contribution in [3.05, 3.63) is 42.2 Å². The Balaban J connectivity index is 1.93. The molecule has 0 amide bonds. The molecule has 0 saturated carbocycles. The molecule has 98 valence electrons. The summed E-state index contributed by atoms with van der Waals surface area (Å²) in [4.78, 5) is 4.23.